The van der Waals surface area contributed by atoms with Crippen molar-refractivity contribution in [1.29, 1.82) is 0 Å². The molecule has 2 unspecified atom stereocenters. The topological polar surface area (TPSA) is 29.5 Å². The first-order valence-electron chi connectivity index (χ1n) is 8.22. The number of aliphatic hydroxyl groups is 1. The zero-order chi connectivity index (χ0) is 14.7. The highest BCUT2D eigenvalue weighted by Crippen LogP contribution is 2.44. The molecular formula is C18H25FO2. The molecule has 1 saturated carbocycles. The highest BCUT2D eigenvalue weighted by molar-refractivity contribution is 5.17. The molecule has 2 aliphatic rings. The molecule has 21 heavy (non-hydrogen) atoms. The third-order valence-corrected chi connectivity index (χ3v) is 5.12. The van der Waals surface area contributed by atoms with Crippen LogP contribution in [0.15, 0.2) is 24.3 Å². The summed E-state index contributed by atoms with van der Waals surface area (Å²) >= 11 is 0. The summed E-state index contributed by atoms with van der Waals surface area (Å²) < 4.78 is 19.6. The minimum absolute atomic E-state index is 0.142. The van der Waals surface area contributed by atoms with Gasteiger partial charge >= 0.3 is 0 Å². The fourth-order valence-electron chi connectivity index (χ4n) is 4.04. The molecule has 1 heterocycles. The number of ether oxygens (including phenoxy) is 1. The Morgan fingerprint density at radius 1 is 1.29 bits per heavy atom. The predicted molar refractivity (Wildman–Crippen MR) is 80.6 cm³/mol. The number of aliphatic hydroxyl groups excluding tert-OH is 1. The SMILES string of the molecule is OCC(Cc1cccc(F)c1)CC1CCC2(CCCC2)O1. The lowest BCUT2D eigenvalue weighted by Crippen LogP contribution is -2.26. The van der Waals surface area contributed by atoms with Gasteiger partial charge in [-0.15, -0.1) is 0 Å². The summed E-state index contributed by atoms with van der Waals surface area (Å²) in [6, 6.07) is 6.69. The molecule has 0 bridgehead atoms. The van der Waals surface area contributed by atoms with Crippen molar-refractivity contribution in [3.05, 3.63) is 35.6 Å². The van der Waals surface area contributed by atoms with Crippen molar-refractivity contribution in [2.75, 3.05) is 6.61 Å². The molecule has 1 aromatic carbocycles. The second-order valence-corrected chi connectivity index (χ2v) is 6.79. The zero-order valence-electron chi connectivity index (χ0n) is 12.6. The van der Waals surface area contributed by atoms with Crippen LogP contribution in [0.2, 0.25) is 0 Å². The normalized spacial score (nSPS) is 25.5. The number of hydrogen-bond acceptors (Lipinski definition) is 2. The van der Waals surface area contributed by atoms with Gasteiger partial charge in [0.2, 0.25) is 0 Å². The second kappa shape index (κ2) is 6.45. The van der Waals surface area contributed by atoms with Crippen LogP contribution in [0.3, 0.4) is 0 Å². The molecule has 1 spiro atoms. The largest absolute Gasteiger partial charge is 0.396 e. The number of rotatable bonds is 5. The van der Waals surface area contributed by atoms with Gasteiger partial charge in [0.1, 0.15) is 5.82 Å². The summed E-state index contributed by atoms with van der Waals surface area (Å²) in [5.74, 6) is -0.0421. The van der Waals surface area contributed by atoms with E-state index in [1.54, 1.807) is 12.1 Å². The third-order valence-electron chi connectivity index (χ3n) is 5.12. The van der Waals surface area contributed by atoms with Crippen molar-refractivity contribution in [3.8, 4) is 0 Å². The van der Waals surface area contributed by atoms with Gasteiger partial charge in [-0.2, -0.15) is 0 Å². The molecule has 2 fully saturated rings. The van der Waals surface area contributed by atoms with Gasteiger partial charge in [0, 0.05) is 6.61 Å². The maximum absolute atomic E-state index is 13.2. The van der Waals surface area contributed by atoms with Crippen LogP contribution < -0.4 is 0 Å². The van der Waals surface area contributed by atoms with Gasteiger partial charge in [-0.05, 0) is 62.1 Å². The molecular weight excluding hydrogens is 267 g/mol. The van der Waals surface area contributed by atoms with Crippen LogP contribution in [0.1, 0.15) is 50.5 Å². The number of benzene rings is 1. The Hall–Kier alpha value is -0.930. The van der Waals surface area contributed by atoms with Crippen LogP contribution in [0.4, 0.5) is 4.39 Å². The van der Waals surface area contributed by atoms with Gasteiger partial charge < -0.3 is 9.84 Å². The first-order valence-corrected chi connectivity index (χ1v) is 8.22. The molecule has 2 atom stereocenters. The van der Waals surface area contributed by atoms with Gasteiger partial charge in [-0.25, -0.2) is 4.39 Å². The van der Waals surface area contributed by atoms with Crippen molar-refractivity contribution in [1.82, 2.24) is 0 Å². The van der Waals surface area contributed by atoms with E-state index in [1.807, 2.05) is 6.07 Å². The Kier molecular flexibility index (Phi) is 4.60. The van der Waals surface area contributed by atoms with Crippen molar-refractivity contribution in [3.63, 3.8) is 0 Å². The van der Waals surface area contributed by atoms with Crippen LogP contribution in [0, 0.1) is 11.7 Å². The molecule has 1 saturated heterocycles. The van der Waals surface area contributed by atoms with Gasteiger partial charge in [0.05, 0.1) is 11.7 Å². The molecule has 116 valence electrons. The minimum atomic E-state index is -0.203. The summed E-state index contributed by atoms with van der Waals surface area (Å²) in [5.41, 5.74) is 1.12. The van der Waals surface area contributed by atoms with E-state index in [0.717, 1.165) is 24.8 Å². The van der Waals surface area contributed by atoms with Crippen molar-refractivity contribution >= 4 is 0 Å². The molecule has 1 aliphatic heterocycles. The average Bonchev–Trinajstić information content (AvgIpc) is 3.09. The van der Waals surface area contributed by atoms with E-state index >= 15 is 0 Å². The Morgan fingerprint density at radius 2 is 2.10 bits per heavy atom. The minimum Gasteiger partial charge on any atom is -0.396 e. The molecule has 2 nitrogen and oxygen atoms in total. The Balaban J connectivity index is 1.55. The lowest BCUT2D eigenvalue weighted by atomic mass is 9.92. The van der Waals surface area contributed by atoms with E-state index in [1.165, 1.54) is 38.2 Å². The number of halogens is 1. The van der Waals surface area contributed by atoms with E-state index in [2.05, 4.69) is 0 Å². The van der Waals surface area contributed by atoms with E-state index < -0.39 is 0 Å². The van der Waals surface area contributed by atoms with Crippen molar-refractivity contribution in [2.45, 2.75) is 63.1 Å². The molecule has 1 aliphatic carbocycles. The third kappa shape index (κ3) is 3.64. The summed E-state index contributed by atoms with van der Waals surface area (Å²) in [6.07, 6.45) is 9.16. The molecule has 3 rings (SSSR count). The summed E-state index contributed by atoms with van der Waals surface area (Å²) in [4.78, 5) is 0. The highest BCUT2D eigenvalue weighted by Gasteiger charge is 2.42. The van der Waals surface area contributed by atoms with Crippen LogP contribution in [-0.2, 0) is 11.2 Å². The monoisotopic (exact) mass is 292 g/mol. The van der Waals surface area contributed by atoms with Crippen LogP contribution in [0.5, 0.6) is 0 Å². The maximum atomic E-state index is 13.2. The van der Waals surface area contributed by atoms with Crippen LogP contribution in [-0.4, -0.2) is 23.4 Å². The quantitative estimate of drug-likeness (QED) is 0.893. The predicted octanol–water partition coefficient (Wildman–Crippen LogP) is 3.86. The maximum Gasteiger partial charge on any atom is 0.123 e. The van der Waals surface area contributed by atoms with Gasteiger partial charge in [0.15, 0.2) is 0 Å². The second-order valence-electron chi connectivity index (χ2n) is 6.79. The summed E-state index contributed by atoms with van der Waals surface area (Å²) in [5, 5.41) is 9.62. The standard InChI is InChI=1S/C18H25FO2/c19-16-5-3-4-14(11-16)10-15(13-20)12-17-6-9-18(21-17)7-1-2-8-18/h3-5,11,15,17,20H,1-2,6-10,12-13H2. The molecule has 0 radical (unpaired) electrons. The Labute approximate surface area is 126 Å². The van der Waals surface area contributed by atoms with E-state index in [4.69, 9.17) is 4.74 Å². The molecule has 1 aromatic rings. The molecule has 1 N–H and O–H groups in total. The molecule has 0 amide bonds. The van der Waals surface area contributed by atoms with Crippen LogP contribution in [0.25, 0.3) is 0 Å². The molecule has 3 heteroatoms. The van der Waals surface area contributed by atoms with E-state index in [0.29, 0.717) is 0 Å². The smallest absolute Gasteiger partial charge is 0.123 e. The fraction of sp³-hybridized carbons (Fsp3) is 0.667. The van der Waals surface area contributed by atoms with Crippen molar-refractivity contribution < 1.29 is 14.2 Å². The molecule has 0 aromatic heterocycles. The fourth-order valence-corrected chi connectivity index (χ4v) is 4.04. The van der Waals surface area contributed by atoms with E-state index in [-0.39, 0.29) is 30.0 Å². The first kappa shape index (κ1) is 15.0. The van der Waals surface area contributed by atoms with E-state index in [9.17, 15) is 9.50 Å². The van der Waals surface area contributed by atoms with Crippen molar-refractivity contribution in [2.24, 2.45) is 5.92 Å². The van der Waals surface area contributed by atoms with Gasteiger partial charge in [-0.1, -0.05) is 25.0 Å². The van der Waals surface area contributed by atoms with Crippen LogP contribution >= 0.6 is 0 Å². The zero-order valence-corrected chi connectivity index (χ0v) is 12.6. The van der Waals surface area contributed by atoms with Gasteiger partial charge in [-0.3, -0.25) is 0 Å². The summed E-state index contributed by atoms with van der Waals surface area (Å²) in [7, 11) is 0. The Bertz CT molecular complexity index is 468. The first-order chi connectivity index (χ1) is 10.2. The lowest BCUT2D eigenvalue weighted by molar-refractivity contribution is -0.0466. The number of hydrogen-bond donors (Lipinski definition) is 1. The highest BCUT2D eigenvalue weighted by atomic mass is 19.1. The van der Waals surface area contributed by atoms with Gasteiger partial charge in [0.25, 0.3) is 0 Å². The summed E-state index contributed by atoms with van der Waals surface area (Å²) in [6.45, 7) is 0.142. The average molecular weight is 292 g/mol. The Morgan fingerprint density at radius 3 is 2.81 bits per heavy atom. The lowest BCUT2D eigenvalue weighted by Gasteiger charge is -2.25.